The minimum atomic E-state index is -0.0148. The maximum Gasteiger partial charge on any atom is 0.318 e. The first kappa shape index (κ1) is 15.1. The third kappa shape index (κ3) is 2.62. The van der Waals surface area contributed by atoms with Crippen LogP contribution in [0, 0.1) is 0 Å². The summed E-state index contributed by atoms with van der Waals surface area (Å²) >= 11 is 0. The Hall–Kier alpha value is -2.50. The van der Waals surface area contributed by atoms with Crippen LogP contribution < -0.4 is 10.1 Å². The molecule has 1 aromatic heterocycles. The van der Waals surface area contributed by atoms with Gasteiger partial charge in [-0.15, -0.1) is 0 Å². The number of carbonyl (C=O) groups excluding carboxylic acids is 1. The molecule has 0 fully saturated rings. The van der Waals surface area contributed by atoms with Crippen LogP contribution in [-0.4, -0.2) is 34.8 Å². The van der Waals surface area contributed by atoms with Gasteiger partial charge in [-0.05, 0) is 42.9 Å². The summed E-state index contributed by atoms with van der Waals surface area (Å²) < 4.78 is 5.46. The van der Waals surface area contributed by atoms with E-state index in [0.29, 0.717) is 6.54 Å². The molecule has 1 atom stereocenters. The Kier molecular flexibility index (Phi) is 3.88. The Bertz CT molecular complexity index is 741. The summed E-state index contributed by atoms with van der Waals surface area (Å²) in [6, 6.07) is 6.10. The molecule has 2 aromatic rings. The van der Waals surface area contributed by atoms with Crippen LogP contribution in [0.3, 0.4) is 0 Å². The monoisotopic (exact) mass is 326 g/mol. The number of hydrogen-bond acceptors (Lipinski definition) is 3. The zero-order chi connectivity index (χ0) is 16.5. The van der Waals surface area contributed by atoms with E-state index in [4.69, 9.17) is 4.74 Å². The number of amides is 2. The zero-order valence-electron chi connectivity index (χ0n) is 13.8. The quantitative estimate of drug-likeness (QED) is 0.891. The fraction of sp³-hybridized carbons (Fsp3) is 0.444. The van der Waals surface area contributed by atoms with Gasteiger partial charge in [-0.1, -0.05) is 12.1 Å². The average molecular weight is 326 g/mol. The van der Waals surface area contributed by atoms with Crippen LogP contribution >= 0.6 is 0 Å². The number of carbonyl (C=O) groups is 1. The molecule has 0 spiro atoms. The number of nitrogens with one attached hydrogen (secondary N) is 2. The van der Waals surface area contributed by atoms with Crippen LogP contribution in [0.5, 0.6) is 5.75 Å². The molecule has 2 heterocycles. The van der Waals surface area contributed by atoms with Crippen molar-refractivity contribution in [2.24, 2.45) is 0 Å². The Labute approximate surface area is 141 Å². The smallest absolute Gasteiger partial charge is 0.318 e. The molecular formula is C18H22N4O2. The first-order valence-corrected chi connectivity index (χ1v) is 8.48. The highest BCUT2D eigenvalue weighted by Gasteiger charge is 2.28. The van der Waals surface area contributed by atoms with E-state index in [-0.39, 0.29) is 12.1 Å². The van der Waals surface area contributed by atoms with E-state index >= 15 is 0 Å². The second-order valence-corrected chi connectivity index (χ2v) is 6.47. The van der Waals surface area contributed by atoms with Crippen LogP contribution in [-0.2, 0) is 19.4 Å². The van der Waals surface area contributed by atoms with E-state index in [1.165, 1.54) is 11.1 Å². The van der Waals surface area contributed by atoms with Crippen LogP contribution in [0.4, 0.5) is 4.79 Å². The Morgan fingerprint density at radius 2 is 2.29 bits per heavy atom. The number of hydrogen-bond donors (Lipinski definition) is 2. The van der Waals surface area contributed by atoms with E-state index in [2.05, 4.69) is 21.6 Å². The minimum absolute atomic E-state index is 0.0148. The second kappa shape index (κ2) is 6.19. The lowest BCUT2D eigenvalue weighted by molar-refractivity contribution is 0.185. The molecule has 1 aromatic carbocycles. The summed E-state index contributed by atoms with van der Waals surface area (Å²) in [5.41, 5.74) is 4.67. The van der Waals surface area contributed by atoms with E-state index in [0.717, 1.165) is 49.2 Å². The van der Waals surface area contributed by atoms with Gasteiger partial charge in [0.15, 0.2) is 0 Å². The van der Waals surface area contributed by atoms with Crippen molar-refractivity contribution < 1.29 is 9.53 Å². The summed E-state index contributed by atoms with van der Waals surface area (Å²) in [7, 11) is 1.68. The van der Waals surface area contributed by atoms with Gasteiger partial charge in [0, 0.05) is 12.1 Å². The highest BCUT2D eigenvalue weighted by molar-refractivity contribution is 5.75. The molecule has 4 rings (SSSR count). The summed E-state index contributed by atoms with van der Waals surface area (Å²) in [5, 5.41) is 10.3. The number of aryl methyl sites for hydroxylation is 1. The normalized spacial score (nSPS) is 19.4. The first-order chi connectivity index (χ1) is 11.8. The van der Waals surface area contributed by atoms with Crippen molar-refractivity contribution in [3.63, 3.8) is 0 Å². The SMILES string of the molecule is COc1cccc2c1CN(C(=O)NC1CCCc3cn[nH]c31)CC2. The van der Waals surface area contributed by atoms with Crippen LogP contribution in [0.25, 0.3) is 0 Å². The maximum absolute atomic E-state index is 12.7. The minimum Gasteiger partial charge on any atom is -0.496 e. The first-order valence-electron chi connectivity index (χ1n) is 8.48. The number of rotatable bonds is 2. The number of H-pyrrole nitrogens is 1. The predicted octanol–water partition coefficient (Wildman–Crippen LogP) is 2.56. The van der Waals surface area contributed by atoms with Gasteiger partial charge in [-0.2, -0.15) is 5.10 Å². The maximum atomic E-state index is 12.7. The molecule has 6 heteroatoms. The molecule has 24 heavy (non-hydrogen) atoms. The number of benzene rings is 1. The van der Waals surface area contributed by atoms with E-state index in [9.17, 15) is 4.79 Å². The van der Waals surface area contributed by atoms with Crippen molar-refractivity contribution in [2.45, 2.75) is 38.3 Å². The van der Waals surface area contributed by atoms with Crippen LogP contribution in [0.2, 0.25) is 0 Å². The average Bonchev–Trinajstić information content (AvgIpc) is 3.10. The molecule has 2 aliphatic rings. The van der Waals surface area contributed by atoms with Gasteiger partial charge >= 0.3 is 6.03 Å². The van der Waals surface area contributed by atoms with Crippen molar-refractivity contribution in [2.75, 3.05) is 13.7 Å². The van der Waals surface area contributed by atoms with Gasteiger partial charge < -0.3 is 15.0 Å². The number of aromatic nitrogens is 2. The van der Waals surface area contributed by atoms with Crippen molar-refractivity contribution in [3.05, 3.63) is 46.8 Å². The van der Waals surface area contributed by atoms with Gasteiger partial charge in [0.2, 0.25) is 0 Å². The number of nitrogens with zero attached hydrogens (tertiary/aromatic N) is 2. The predicted molar refractivity (Wildman–Crippen MR) is 89.9 cm³/mol. The zero-order valence-corrected chi connectivity index (χ0v) is 13.8. The lowest BCUT2D eigenvalue weighted by Crippen LogP contribution is -2.44. The number of methoxy groups -OCH3 is 1. The molecule has 1 unspecified atom stereocenters. The fourth-order valence-electron chi connectivity index (χ4n) is 3.76. The third-order valence-corrected chi connectivity index (χ3v) is 5.07. The number of ether oxygens (including phenoxy) is 1. The lowest BCUT2D eigenvalue weighted by Gasteiger charge is -2.32. The summed E-state index contributed by atoms with van der Waals surface area (Å²) in [6.45, 7) is 1.32. The highest BCUT2D eigenvalue weighted by atomic mass is 16.5. The largest absolute Gasteiger partial charge is 0.496 e. The highest BCUT2D eigenvalue weighted by Crippen LogP contribution is 2.30. The molecule has 0 radical (unpaired) electrons. The summed E-state index contributed by atoms with van der Waals surface area (Å²) in [6.07, 6.45) is 5.80. The van der Waals surface area contributed by atoms with Gasteiger partial charge in [0.05, 0.1) is 31.6 Å². The van der Waals surface area contributed by atoms with Gasteiger partial charge in [-0.25, -0.2) is 4.79 Å². The van der Waals surface area contributed by atoms with Gasteiger partial charge in [0.1, 0.15) is 5.75 Å². The molecule has 1 aliphatic heterocycles. The second-order valence-electron chi connectivity index (χ2n) is 6.47. The Balaban J connectivity index is 1.49. The number of urea groups is 1. The van der Waals surface area contributed by atoms with Crippen molar-refractivity contribution in [3.8, 4) is 5.75 Å². The summed E-state index contributed by atoms with van der Waals surface area (Å²) in [5.74, 6) is 0.860. The van der Waals surface area contributed by atoms with E-state index < -0.39 is 0 Å². The lowest BCUT2D eigenvalue weighted by atomic mass is 9.94. The third-order valence-electron chi connectivity index (χ3n) is 5.07. The molecule has 6 nitrogen and oxygen atoms in total. The molecule has 2 amide bonds. The van der Waals surface area contributed by atoms with Gasteiger partial charge in [-0.3, -0.25) is 5.10 Å². The van der Waals surface area contributed by atoms with E-state index in [1.807, 2.05) is 23.2 Å². The van der Waals surface area contributed by atoms with Crippen molar-refractivity contribution >= 4 is 6.03 Å². The molecule has 0 saturated heterocycles. The van der Waals surface area contributed by atoms with Crippen molar-refractivity contribution in [1.29, 1.82) is 0 Å². The Morgan fingerprint density at radius 1 is 1.38 bits per heavy atom. The van der Waals surface area contributed by atoms with Gasteiger partial charge in [0.25, 0.3) is 0 Å². The topological polar surface area (TPSA) is 70.2 Å². The molecule has 1 aliphatic carbocycles. The fourth-order valence-corrected chi connectivity index (χ4v) is 3.76. The van der Waals surface area contributed by atoms with Crippen LogP contribution in [0.1, 0.15) is 41.3 Å². The molecule has 126 valence electrons. The van der Waals surface area contributed by atoms with E-state index in [1.54, 1.807) is 7.11 Å². The molecule has 2 N–H and O–H groups in total. The van der Waals surface area contributed by atoms with Crippen LogP contribution in [0.15, 0.2) is 24.4 Å². The Morgan fingerprint density at radius 3 is 3.17 bits per heavy atom. The standard InChI is InChI=1S/C18H22N4O2/c1-24-16-7-3-4-12-8-9-22(11-14(12)16)18(23)20-15-6-2-5-13-10-19-21-17(13)15/h3-4,7,10,15H,2,5-6,8-9,11H2,1H3,(H,19,21)(H,20,23). The molecular weight excluding hydrogens is 304 g/mol. The number of fused-ring (bicyclic) bond motifs is 2. The molecule has 0 bridgehead atoms. The number of aromatic amines is 1. The van der Waals surface area contributed by atoms with Crippen molar-refractivity contribution in [1.82, 2.24) is 20.4 Å². The molecule has 0 saturated carbocycles. The summed E-state index contributed by atoms with van der Waals surface area (Å²) in [4.78, 5) is 14.6.